The molecule has 0 saturated carbocycles. The lowest BCUT2D eigenvalue weighted by atomic mass is 10.1. The summed E-state index contributed by atoms with van der Waals surface area (Å²) in [4.78, 5) is 25.3. The lowest BCUT2D eigenvalue weighted by molar-refractivity contribution is -0.141. The third kappa shape index (κ3) is 4.21. The zero-order chi connectivity index (χ0) is 17.9. The molecule has 0 radical (unpaired) electrons. The average Bonchev–Trinajstić information content (AvgIpc) is 3.02. The van der Waals surface area contributed by atoms with Crippen molar-refractivity contribution in [2.45, 2.75) is 23.7 Å². The van der Waals surface area contributed by atoms with E-state index in [2.05, 4.69) is 0 Å². The van der Waals surface area contributed by atoms with Gasteiger partial charge in [-0.15, -0.1) is 11.3 Å². The summed E-state index contributed by atoms with van der Waals surface area (Å²) < 4.78 is 23.2. The Labute approximate surface area is 144 Å². The Morgan fingerprint density at radius 2 is 1.88 bits per heavy atom. The highest BCUT2D eigenvalue weighted by Gasteiger charge is 2.28. The predicted molar refractivity (Wildman–Crippen MR) is 90.8 cm³/mol. The summed E-state index contributed by atoms with van der Waals surface area (Å²) in [6.45, 7) is 1.55. The molecule has 2 aromatic rings. The van der Waals surface area contributed by atoms with Gasteiger partial charge in [0.1, 0.15) is 10.3 Å². The molecule has 1 unspecified atom stereocenters. The highest BCUT2D eigenvalue weighted by molar-refractivity contribution is 7.92. The number of amides is 1. The van der Waals surface area contributed by atoms with Gasteiger partial charge in [-0.25, -0.2) is 13.2 Å². The minimum Gasteiger partial charge on any atom is -0.480 e. The molecule has 128 valence electrons. The summed E-state index contributed by atoms with van der Waals surface area (Å²) in [6, 6.07) is 9.27. The van der Waals surface area contributed by atoms with Crippen LogP contribution in [0.15, 0.2) is 46.0 Å². The summed E-state index contributed by atoms with van der Waals surface area (Å²) in [6.07, 6.45) is 1.06. The maximum absolute atomic E-state index is 12.7. The zero-order valence-corrected chi connectivity index (χ0v) is 14.8. The number of sulfone groups is 1. The van der Waals surface area contributed by atoms with Crippen LogP contribution in [-0.2, 0) is 21.2 Å². The molecule has 0 aliphatic rings. The number of carbonyl (C=O) groups is 2. The maximum Gasteiger partial charge on any atom is 0.326 e. The number of rotatable bonds is 6. The number of carbonyl (C=O) groups excluding carboxylic acids is 1. The Morgan fingerprint density at radius 3 is 2.38 bits per heavy atom. The number of benzene rings is 1. The van der Waals surface area contributed by atoms with E-state index in [0.29, 0.717) is 0 Å². The van der Waals surface area contributed by atoms with E-state index >= 15 is 0 Å². The van der Waals surface area contributed by atoms with E-state index in [-0.39, 0.29) is 16.3 Å². The molecule has 1 N–H and O–H groups in total. The van der Waals surface area contributed by atoms with Gasteiger partial charge in [0.05, 0.1) is 5.56 Å². The van der Waals surface area contributed by atoms with Crippen LogP contribution in [0.3, 0.4) is 0 Å². The third-order valence-electron chi connectivity index (χ3n) is 3.47. The van der Waals surface area contributed by atoms with E-state index in [9.17, 15) is 23.1 Å². The highest BCUT2D eigenvalue weighted by atomic mass is 32.2. The van der Waals surface area contributed by atoms with E-state index in [1.165, 1.54) is 23.3 Å². The number of nitrogens with zero attached hydrogens (tertiary/aromatic N) is 1. The molecular weight excluding hydrogens is 350 g/mol. The van der Waals surface area contributed by atoms with Crippen LogP contribution in [0, 0.1) is 0 Å². The van der Waals surface area contributed by atoms with Crippen molar-refractivity contribution in [3.8, 4) is 0 Å². The van der Waals surface area contributed by atoms with Crippen molar-refractivity contribution in [2.24, 2.45) is 0 Å². The third-order valence-corrected chi connectivity index (χ3v) is 6.24. The predicted octanol–water partition coefficient (Wildman–Crippen LogP) is 2.27. The molecule has 2 rings (SSSR count). The Hall–Kier alpha value is -2.19. The summed E-state index contributed by atoms with van der Waals surface area (Å²) >= 11 is 0.946. The normalized spacial score (nSPS) is 12.6. The van der Waals surface area contributed by atoms with E-state index < -0.39 is 27.8 Å². The van der Waals surface area contributed by atoms with Gasteiger partial charge in [-0.05, 0) is 18.6 Å². The molecule has 24 heavy (non-hydrogen) atoms. The van der Waals surface area contributed by atoms with E-state index in [4.69, 9.17) is 0 Å². The number of carboxylic acids is 1. The second kappa shape index (κ2) is 7.14. The average molecular weight is 367 g/mol. The maximum atomic E-state index is 12.7. The van der Waals surface area contributed by atoms with Gasteiger partial charge in [-0.1, -0.05) is 30.3 Å². The Balaban J connectivity index is 2.34. The first kappa shape index (κ1) is 18.2. The molecule has 0 bridgehead atoms. The van der Waals surface area contributed by atoms with Crippen LogP contribution in [0.4, 0.5) is 0 Å². The van der Waals surface area contributed by atoms with Gasteiger partial charge < -0.3 is 10.0 Å². The van der Waals surface area contributed by atoms with Crippen molar-refractivity contribution >= 4 is 33.1 Å². The lowest BCUT2D eigenvalue weighted by Crippen LogP contribution is -2.42. The minimum absolute atomic E-state index is 0.0773. The smallest absolute Gasteiger partial charge is 0.326 e. The van der Waals surface area contributed by atoms with Gasteiger partial charge >= 0.3 is 5.97 Å². The molecule has 0 saturated heterocycles. The van der Waals surface area contributed by atoms with Crippen molar-refractivity contribution in [1.29, 1.82) is 0 Å². The van der Waals surface area contributed by atoms with E-state index in [0.717, 1.165) is 23.2 Å². The standard InChI is InChI=1S/C16H17NO5S2/c1-11(16(19)20)17(9-12-6-4-3-5-7-12)15(18)13-8-14(23-10-13)24(2,21)22/h3-8,10-11H,9H2,1-2H3,(H,19,20). The molecule has 1 aromatic carbocycles. The quantitative estimate of drug-likeness (QED) is 0.845. The van der Waals surface area contributed by atoms with Gasteiger partial charge in [0.25, 0.3) is 5.91 Å². The summed E-state index contributed by atoms with van der Waals surface area (Å²) in [5.41, 5.74) is 0.960. The van der Waals surface area contributed by atoms with Crippen LogP contribution < -0.4 is 0 Å². The highest BCUT2D eigenvalue weighted by Crippen LogP contribution is 2.23. The first-order chi connectivity index (χ1) is 11.2. The van der Waals surface area contributed by atoms with Gasteiger partial charge in [-0.3, -0.25) is 4.79 Å². The molecule has 1 amide bonds. The van der Waals surface area contributed by atoms with Gasteiger partial charge in [-0.2, -0.15) is 0 Å². The summed E-state index contributed by atoms with van der Waals surface area (Å²) in [7, 11) is -3.41. The zero-order valence-electron chi connectivity index (χ0n) is 13.2. The van der Waals surface area contributed by atoms with Gasteiger partial charge in [0, 0.05) is 18.2 Å². The lowest BCUT2D eigenvalue weighted by Gasteiger charge is -2.26. The molecule has 0 aliphatic carbocycles. The van der Waals surface area contributed by atoms with Crippen LogP contribution in [0.1, 0.15) is 22.8 Å². The number of aliphatic carboxylic acids is 1. The van der Waals surface area contributed by atoms with Crippen LogP contribution in [0.25, 0.3) is 0 Å². The van der Waals surface area contributed by atoms with Gasteiger partial charge in [0.15, 0.2) is 9.84 Å². The van der Waals surface area contributed by atoms with Crippen LogP contribution in [-0.4, -0.2) is 42.6 Å². The fraction of sp³-hybridized carbons (Fsp3) is 0.250. The first-order valence-corrected chi connectivity index (χ1v) is 9.83. The number of hydrogen-bond donors (Lipinski definition) is 1. The van der Waals surface area contributed by atoms with Crippen molar-refractivity contribution in [1.82, 2.24) is 4.90 Å². The van der Waals surface area contributed by atoms with Crippen molar-refractivity contribution in [3.63, 3.8) is 0 Å². The fourth-order valence-corrected chi connectivity index (χ4v) is 3.88. The molecule has 1 atom stereocenters. The van der Waals surface area contributed by atoms with Crippen LogP contribution >= 0.6 is 11.3 Å². The topological polar surface area (TPSA) is 91.8 Å². The number of carboxylic acid groups (broad SMARTS) is 1. The Bertz CT molecular complexity index is 842. The molecular formula is C16H17NO5S2. The molecule has 0 fully saturated rings. The van der Waals surface area contributed by atoms with Crippen LogP contribution in [0.2, 0.25) is 0 Å². The SMILES string of the molecule is CC(C(=O)O)N(Cc1ccccc1)C(=O)c1csc(S(C)(=O)=O)c1. The second-order valence-corrected chi connectivity index (χ2v) is 8.51. The summed E-state index contributed by atoms with van der Waals surface area (Å²) in [5, 5.41) is 10.7. The fourth-order valence-electron chi connectivity index (χ4n) is 2.09. The molecule has 1 heterocycles. The van der Waals surface area contributed by atoms with Crippen molar-refractivity contribution in [3.05, 3.63) is 52.9 Å². The first-order valence-electron chi connectivity index (χ1n) is 7.06. The van der Waals surface area contributed by atoms with Gasteiger partial charge in [0.2, 0.25) is 0 Å². The molecule has 0 spiro atoms. The molecule has 8 heteroatoms. The minimum atomic E-state index is -3.41. The summed E-state index contributed by atoms with van der Waals surface area (Å²) in [5.74, 6) is -1.64. The monoisotopic (exact) mass is 367 g/mol. The van der Waals surface area contributed by atoms with Crippen molar-refractivity contribution < 1.29 is 23.1 Å². The van der Waals surface area contributed by atoms with E-state index in [1.54, 1.807) is 24.3 Å². The molecule has 1 aromatic heterocycles. The molecule has 6 nitrogen and oxygen atoms in total. The number of thiophene rings is 1. The largest absolute Gasteiger partial charge is 0.480 e. The Kier molecular flexibility index (Phi) is 5.40. The Morgan fingerprint density at radius 1 is 1.25 bits per heavy atom. The van der Waals surface area contributed by atoms with Crippen molar-refractivity contribution in [2.75, 3.05) is 6.26 Å². The van der Waals surface area contributed by atoms with E-state index in [1.807, 2.05) is 6.07 Å². The number of hydrogen-bond acceptors (Lipinski definition) is 5. The molecule has 0 aliphatic heterocycles. The second-order valence-electron chi connectivity index (χ2n) is 5.36. The van der Waals surface area contributed by atoms with Crippen LogP contribution in [0.5, 0.6) is 0 Å².